The normalized spacial score (nSPS) is 24.5. The minimum Gasteiger partial charge on any atom is -0.461 e. The molecule has 8 nitrogen and oxygen atoms in total. The molecule has 236 valence electrons. The molecule has 0 bridgehead atoms. The summed E-state index contributed by atoms with van der Waals surface area (Å²) in [6.07, 6.45) is 1.72. The van der Waals surface area contributed by atoms with Gasteiger partial charge in [0.25, 0.3) is 0 Å². The van der Waals surface area contributed by atoms with E-state index in [4.69, 9.17) is 10.5 Å². The summed E-state index contributed by atoms with van der Waals surface area (Å²) in [4.78, 5) is 17.8. The number of nitrogen functional groups attached to an aromatic ring is 1. The summed E-state index contributed by atoms with van der Waals surface area (Å²) in [5, 5.41) is 2.67. The highest BCUT2D eigenvalue weighted by Crippen LogP contribution is 2.43. The molecule has 3 atom stereocenters. The summed E-state index contributed by atoms with van der Waals surface area (Å²) in [6, 6.07) is 4.32. The van der Waals surface area contributed by atoms with Gasteiger partial charge < -0.3 is 15.4 Å². The Labute approximate surface area is 255 Å². The van der Waals surface area contributed by atoms with Gasteiger partial charge in [0, 0.05) is 16.6 Å². The number of ether oxygens (including phenoxy) is 1. The summed E-state index contributed by atoms with van der Waals surface area (Å²) in [7, 11) is 0. The van der Waals surface area contributed by atoms with Crippen molar-refractivity contribution in [3.8, 4) is 17.3 Å². The molecule has 8 rings (SSSR count). The molecular weight excluding hydrogens is 593 g/mol. The monoisotopic (exact) mass is 625 g/mol. The maximum atomic E-state index is 16.9. The highest BCUT2D eigenvalue weighted by atomic mass is 19.2. The third kappa shape index (κ3) is 4.57. The first-order valence-corrected chi connectivity index (χ1v) is 15.5. The number of alkyl halides is 2. The van der Waals surface area contributed by atoms with Gasteiger partial charge in [-0.05, 0) is 81.6 Å². The Morgan fingerprint density at radius 3 is 2.58 bits per heavy atom. The number of nitrogens with one attached hydrogen (secondary N) is 1. The summed E-state index contributed by atoms with van der Waals surface area (Å²) >= 11 is 0. The van der Waals surface area contributed by atoms with Crippen LogP contribution < -0.4 is 20.7 Å². The van der Waals surface area contributed by atoms with E-state index in [1.54, 1.807) is 0 Å². The molecule has 13 heteroatoms. The van der Waals surface area contributed by atoms with Crippen LogP contribution in [0.25, 0.3) is 32.9 Å². The molecule has 0 saturated carbocycles. The van der Waals surface area contributed by atoms with Crippen LogP contribution in [0.1, 0.15) is 44.2 Å². The zero-order valence-electron chi connectivity index (χ0n) is 24.4. The topological polar surface area (TPSA) is 92.4 Å². The first-order chi connectivity index (χ1) is 21.7. The predicted molar refractivity (Wildman–Crippen MR) is 160 cm³/mol. The molecule has 3 fully saturated rings. The third-order valence-corrected chi connectivity index (χ3v) is 10.0. The number of piperazine rings is 1. The molecule has 6 heterocycles. The highest BCUT2D eigenvalue weighted by Gasteiger charge is 2.45. The fourth-order valence-electron chi connectivity index (χ4n) is 7.93. The molecule has 2 aromatic heterocycles. The fourth-order valence-corrected chi connectivity index (χ4v) is 7.93. The highest BCUT2D eigenvalue weighted by molar-refractivity contribution is 6.02. The molecule has 0 radical (unpaired) electrons. The Hall–Kier alpha value is -3.84. The molecule has 2 unspecified atom stereocenters. The molecule has 0 aliphatic carbocycles. The molecule has 3 saturated heterocycles. The lowest BCUT2D eigenvalue weighted by atomic mass is 9.95. The number of aryl methyl sites for hydroxylation is 1. The van der Waals surface area contributed by atoms with Gasteiger partial charge in [-0.2, -0.15) is 9.97 Å². The number of halogens is 5. The number of nitrogens with two attached hydrogens (primary N) is 1. The van der Waals surface area contributed by atoms with Crippen LogP contribution in [0.2, 0.25) is 0 Å². The van der Waals surface area contributed by atoms with Crippen LogP contribution in [-0.4, -0.2) is 70.3 Å². The number of rotatable bonds is 4. The van der Waals surface area contributed by atoms with E-state index in [9.17, 15) is 8.78 Å². The van der Waals surface area contributed by atoms with Gasteiger partial charge >= 0.3 is 6.01 Å². The average Bonchev–Trinajstić information content (AvgIpc) is 3.59. The van der Waals surface area contributed by atoms with Crippen molar-refractivity contribution in [1.82, 2.24) is 25.2 Å². The van der Waals surface area contributed by atoms with E-state index in [1.807, 2.05) is 0 Å². The lowest BCUT2D eigenvalue weighted by Gasteiger charge is -2.42. The molecule has 45 heavy (non-hydrogen) atoms. The second-order valence-electron chi connectivity index (χ2n) is 12.7. The van der Waals surface area contributed by atoms with Crippen molar-refractivity contribution in [2.75, 3.05) is 36.9 Å². The standard InChI is InChI=1S/C32H32F5N7O/c33-19-7-6-16-12-17(38)13-18(23(16)25(19)35)27-26(36)28-24-20(39-27)4-1-5-21-29(37)40-22(34)14-44(21)30(24)42-31(41-28)45-15-32-8-2-10-43(32)11-3-9-32/h6-7,12-13,21-22,29,40H,1-5,8-11,14-15,38H2/t21-,22?,29?/m1/s1. The van der Waals surface area contributed by atoms with Gasteiger partial charge in [0.05, 0.1) is 29.2 Å². The zero-order valence-corrected chi connectivity index (χ0v) is 24.4. The van der Waals surface area contributed by atoms with Crippen molar-refractivity contribution < 1.29 is 26.7 Å². The SMILES string of the molecule is Nc1cc(-c2nc3c4c(nc(OCC56CCCN5CCC6)nc4c2F)N2CC(F)NC(F)[C@H]2CCC3)c2c(F)c(F)ccc2c1. The van der Waals surface area contributed by atoms with Crippen molar-refractivity contribution in [2.24, 2.45) is 0 Å². The number of hydrogen-bond acceptors (Lipinski definition) is 8. The van der Waals surface area contributed by atoms with E-state index in [0.717, 1.165) is 44.8 Å². The van der Waals surface area contributed by atoms with Crippen LogP contribution in [0.3, 0.4) is 0 Å². The van der Waals surface area contributed by atoms with E-state index in [-0.39, 0.29) is 69.1 Å². The van der Waals surface area contributed by atoms with E-state index in [0.29, 0.717) is 25.0 Å². The molecule has 0 amide bonds. The Kier molecular flexibility index (Phi) is 6.75. The van der Waals surface area contributed by atoms with Gasteiger partial charge in [-0.3, -0.25) is 10.2 Å². The number of fused-ring (bicyclic) bond motifs is 4. The van der Waals surface area contributed by atoms with Gasteiger partial charge in [0.2, 0.25) is 0 Å². The number of anilines is 2. The first-order valence-electron chi connectivity index (χ1n) is 15.5. The molecule has 2 aromatic carbocycles. The van der Waals surface area contributed by atoms with Crippen molar-refractivity contribution in [3.05, 3.63) is 47.4 Å². The second kappa shape index (κ2) is 10.6. The Balaban J connectivity index is 1.35. The van der Waals surface area contributed by atoms with Gasteiger partial charge in [-0.1, -0.05) is 6.07 Å². The van der Waals surface area contributed by atoms with E-state index >= 15 is 13.2 Å². The van der Waals surface area contributed by atoms with Gasteiger partial charge in [0.1, 0.15) is 23.6 Å². The maximum Gasteiger partial charge on any atom is 0.319 e. The van der Waals surface area contributed by atoms with Crippen LogP contribution in [-0.2, 0) is 6.42 Å². The Bertz CT molecular complexity index is 1830. The lowest BCUT2D eigenvalue weighted by molar-refractivity contribution is 0.102. The van der Waals surface area contributed by atoms with Crippen LogP contribution in [0, 0.1) is 17.5 Å². The van der Waals surface area contributed by atoms with Gasteiger partial charge in [-0.15, -0.1) is 0 Å². The van der Waals surface area contributed by atoms with Crippen molar-refractivity contribution in [1.29, 1.82) is 0 Å². The van der Waals surface area contributed by atoms with Crippen molar-refractivity contribution >= 4 is 33.2 Å². The van der Waals surface area contributed by atoms with Gasteiger partial charge in [0.15, 0.2) is 30.0 Å². The van der Waals surface area contributed by atoms with Crippen LogP contribution in [0.15, 0.2) is 24.3 Å². The quantitative estimate of drug-likeness (QED) is 0.173. The lowest BCUT2D eigenvalue weighted by Crippen LogP contribution is -2.60. The molecule has 3 N–H and O–H groups in total. The molecule has 4 aliphatic heterocycles. The van der Waals surface area contributed by atoms with Crippen molar-refractivity contribution in [3.63, 3.8) is 0 Å². The molecule has 4 aliphatic rings. The van der Waals surface area contributed by atoms with Crippen LogP contribution >= 0.6 is 0 Å². The van der Waals surface area contributed by atoms with E-state index in [2.05, 4.69) is 25.2 Å². The first kappa shape index (κ1) is 28.6. The Morgan fingerprint density at radius 1 is 0.978 bits per heavy atom. The number of nitrogens with zero attached hydrogens (tertiary/aromatic N) is 5. The summed E-state index contributed by atoms with van der Waals surface area (Å²) in [6.45, 7) is 2.02. The predicted octanol–water partition coefficient (Wildman–Crippen LogP) is 5.56. The molecule has 4 aromatic rings. The van der Waals surface area contributed by atoms with Crippen molar-refractivity contribution in [2.45, 2.75) is 69.1 Å². The third-order valence-electron chi connectivity index (χ3n) is 10.0. The molecule has 0 spiro atoms. The molecular formula is C32H32F5N7O. The van der Waals surface area contributed by atoms with Crippen LogP contribution in [0.4, 0.5) is 33.5 Å². The largest absolute Gasteiger partial charge is 0.461 e. The maximum absolute atomic E-state index is 16.9. The fraction of sp³-hybridized carbons (Fsp3) is 0.469. The number of benzene rings is 2. The zero-order chi connectivity index (χ0) is 31.0. The smallest absolute Gasteiger partial charge is 0.319 e. The van der Waals surface area contributed by atoms with Gasteiger partial charge in [-0.25, -0.2) is 26.9 Å². The summed E-state index contributed by atoms with van der Waals surface area (Å²) in [5.41, 5.74) is 6.11. The minimum atomic E-state index is -1.69. The number of pyridine rings is 1. The second-order valence-corrected chi connectivity index (χ2v) is 12.7. The summed E-state index contributed by atoms with van der Waals surface area (Å²) in [5.74, 6) is -3.02. The average molecular weight is 626 g/mol. The number of hydrogen-bond donors (Lipinski definition) is 2. The van der Waals surface area contributed by atoms with Crippen LogP contribution in [0.5, 0.6) is 6.01 Å². The minimum absolute atomic E-state index is 0.0264. The van der Waals surface area contributed by atoms with E-state index in [1.165, 1.54) is 23.1 Å². The Morgan fingerprint density at radius 2 is 1.78 bits per heavy atom. The number of aromatic nitrogens is 3. The summed E-state index contributed by atoms with van der Waals surface area (Å²) < 4.78 is 82.8. The van der Waals surface area contributed by atoms with E-state index < -0.39 is 36.1 Å².